The van der Waals surface area contributed by atoms with Crippen molar-refractivity contribution >= 4 is 26.8 Å². The van der Waals surface area contributed by atoms with Gasteiger partial charge in [0.05, 0.1) is 40.4 Å². The van der Waals surface area contributed by atoms with Gasteiger partial charge in [0.2, 0.25) is 0 Å². The van der Waals surface area contributed by atoms with E-state index in [1.807, 2.05) is 0 Å². The van der Waals surface area contributed by atoms with Gasteiger partial charge in [-0.1, -0.05) is 19.4 Å². The van der Waals surface area contributed by atoms with E-state index < -0.39 is 26.8 Å². The van der Waals surface area contributed by atoms with Crippen molar-refractivity contribution in [3.63, 3.8) is 0 Å². The Morgan fingerprint density at radius 1 is 0.971 bits per heavy atom. The Kier molecular flexibility index (Phi) is 3.96. The van der Waals surface area contributed by atoms with Crippen LogP contribution in [0.4, 0.5) is 28.2 Å². The van der Waals surface area contributed by atoms with Crippen molar-refractivity contribution in [3.8, 4) is 22.5 Å². The molecule has 3 aromatic heterocycles. The first kappa shape index (κ1) is 21.9. The third kappa shape index (κ3) is 3.61. The molecule has 0 aliphatic heterocycles. The standard InChI is InChI=1S/C22H14F7N5S/c23-15-5-3-12(7-18(15)35(25,26,27,28)29)17-10-34-19(9-30-17)32-21(11-1-2-11)22(34)13-4-6-16-14(20(13)24)8-31-33-16/h3-11H,1-2H2,(H,31,33). The SMILES string of the molecule is Fc1ccc(-c2cn3c(-c4ccc5[nH]ncc5c4F)c(C4CC4)nc3cn2)cc1S(F)(F)(F)(F)F. The van der Waals surface area contributed by atoms with E-state index in [2.05, 4.69) is 20.2 Å². The quantitative estimate of drug-likeness (QED) is 0.250. The van der Waals surface area contributed by atoms with E-state index in [9.17, 15) is 23.8 Å². The average molecular weight is 513 g/mol. The summed E-state index contributed by atoms with van der Waals surface area (Å²) in [7, 11) is -10.3. The van der Waals surface area contributed by atoms with E-state index in [-0.39, 0.29) is 34.2 Å². The highest BCUT2D eigenvalue weighted by Crippen LogP contribution is 3.02. The van der Waals surface area contributed by atoms with Crippen LogP contribution in [0.25, 0.3) is 39.1 Å². The molecule has 0 unspecified atom stereocenters. The molecule has 1 aliphatic carbocycles. The van der Waals surface area contributed by atoms with Crippen molar-refractivity contribution in [3.05, 3.63) is 66.3 Å². The Bertz CT molecular complexity index is 1670. The number of aromatic nitrogens is 5. The molecule has 0 bridgehead atoms. The van der Waals surface area contributed by atoms with Crippen molar-refractivity contribution in [1.29, 1.82) is 0 Å². The molecule has 182 valence electrons. The summed E-state index contributed by atoms with van der Waals surface area (Å²) in [6.45, 7) is 0. The summed E-state index contributed by atoms with van der Waals surface area (Å²) >= 11 is 0. The molecule has 13 heteroatoms. The van der Waals surface area contributed by atoms with Crippen LogP contribution in [0.1, 0.15) is 24.5 Å². The Hall–Kier alpha value is -3.61. The minimum Gasteiger partial charge on any atom is -0.296 e. The largest absolute Gasteiger partial charge is 0.313 e. The maximum atomic E-state index is 15.4. The maximum absolute atomic E-state index is 15.4. The van der Waals surface area contributed by atoms with Crippen molar-refractivity contribution in [1.82, 2.24) is 24.6 Å². The second-order valence-electron chi connectivity index (χ2n) is 8.49. The highest BCUT2D eigenvalue weighted by molar-refractivity contribution is 8.45. The molecule has 2 aromatic carbocycles. The van der Waals surface area contributed by atoms with Gasteiger partial charge in [0.15, 0.2) is 5.65 Å². The van der Waals surface area contributed by atoms with Gasteiger partial charge < -0.3 is 0 Å². The highest BCUT2D eigenvalue weighted by atomic mass is 32.5. The molecule has 6 rings (SSSR count). The number of nitrogens with zero attached hydrogens (tertiary/aromatic N) is 4. The lowest BCUT2D eigenvalue weighted by atomic mass is 10.0. The maximum Gasteiger partial charge on any atom is 0.313 e. The summed E-state index contributed by atoms with van der Waals surface area (Å²) in [6, 6.07) is 4.47. The van der Waals surface area contributed by atoms with Crippen LogP contribution in [0.5, 0.6) is 0 Å². The monoisotopic (exact) mass is 513 g/mol. The summed E-state index contributed by atoms with van der Waals surface area (Å²) in [4.78, 5) is 5.98. The zero-order valence-corrected chi connectivity index (χ0v) is 18.3. The number of benzene rings is 2. The van der Waals surface area contributed by atoms with Crippen LogP contribution in [0.15, 0.2) is 53.8 Å². The van der Waals surface area contributed by atoms with Gasteiger partial charge in [-0.25, -0.2) is 13.8 Å². The summed E-state index contributed by atoms with van der Waals surface area (Å²) in [5.74, 6) is -2.58. The number of aromatic amines is 1. The van der Waals surface area contributed by atoms with E-state index in [4.69, 9.17) is 0 Å². The molecule has 1 fully saturated rings. The summed E-state index contributed by atoms with van der Waals surface area (Å²) in [6.07, 6.45) is 5.53. The molecule has 1 saturated carbocycles. The smallest absolute Gasteiger partial charge is 0.296 e. The molecule has 0 saturated heterocycles. The predicted molar refractivity (Wildman–Crippen MR) is 117 cm³/mol. The van der Waals surface area contributed by atoms with E-state index in [1.165, 1.54) is 29.1 Å². The molecule has 1 aliphatic rings. The minimum absolute atomic E-state index is 0.0432. The first-order valence-corrected chi connectivity index (χ1v) is 12.3. The summed E-state index contributed by atoms with van der Waals surface area (Å²) in [5, 5.41) is 6.76. The Labute approximate surface area is 192 Å². The topological polar surface area (TPSA) is 58.9 Å². The lowest BCUT2D eigenvalue weighted by Crippen LogP contribution is -2.09. The van der Waals surface area contributed by atoms with E-state index in [0.29, 0.717) is 28.6 Å². The van der Waals surface area contributed by atoms with Crippen LogP contribution < -0.4 is 0 Å². The number of imidazole rings is 1. The summed E-state index contributed by atoms with van der Waals surface area (Å²) < 4.78 is 97.5. The number of hydrogen-bond donors (Lipinski definition) is 1. The van der Waals surface area contributed by atoms with Crippen molar-refractivity contribution in [2.75, 3.05) is 0 Å². The van der Waals surface area contributed by atoms with Crippen molar-refractivity contribution < 1.29 is 28.2 Å². The van der Waals surface area contributed by atoms with Gasteiger partial charge in [0.25, 0.3) is 0 Å². The number of halogens is 7. The third-order valence-corrected chi connectivity index (χ3v) is 7.10. The molecule has 5 aromatic rings. The van der Waals surface area contributed by atoms with Crippen LogP contribution in [0.3, 0.4) is 0 Å². The van der Waals surface area contributed by atoms with Crippen LogP contribution in [-0.2, 0) is 0 Å². The molecule has 0 radical (unpaired) electrons. The van der Waals surface area contributed by atoms with Gasteiger partial charge in [0, 0.05) is 23.2 Å². The Morgan fingerprint density at radius 2 is 1.74 bits per heavy atom. The molecule has 0 spiro atoms. The average Bonchev–Trinajstić information content (AvgIpc) is 3.37. The number of fused-ring (bicyclic) bond motifs is 2. The number of H-pyrrole nitrogens is 1. The zero-order chi connectivity index (χ0) is 24.8. The molecule has 3 heterocycles. The van der Waals surface area contributed by atoms with E-state index in [0.717, 1.165) is 18.9 Å². The molecular weight excluding hydrogens is 499 g/mol. The fourth-order valence-corrected chi connectivity index (χ4v) is 4.94. The van der Waals surface area contributed by atoms with Gasteiger partial charge in [0.1, 0.15) is 16.5 Å². The van der Waals surface area contributed by atoms with Crippen LogP contribution in [0.2, 0.25) is 0 Å². The van der Waals surface area contributed by atoms with Crippen LogP contribution >= 0.6 is 10.2 Å². The fraction of sp³-hybridized carbons (Fsp3) is 0.136. The first-order valence-electron chi connectivity index (χ1n) is 10.3. The second kappa shape index (κ2) is 6.33. The van der Waals surface area contributed by atoms with Crippen molar-refractivity contribution in [2.45, 2.75) is 23.7 Å². The molecule has 5 nitrogen and oxygen atoms in total. The lowest BCUT2D eigenvalue weighted by Gasteiger charge is -2.40. The van der Waals surface area contributed by atoms with E-state index in [1.54, 1.807) is 6.07 Å². The number of nitrogens with one attached hydrogen (secondary N) is 1. The Balaban J connectivity index is 1.59. The van der Waals surface area contributed by atoms with Gasteiger partial charge in [-0.2, -0.15) is 5.10 Å². The van der Waals surface area contributed by atoms with E-state index >= 15 is 4.39 Å². The molecule has 0 amide bonds. The zero-order valence-electron chi connectivity index (χ0n) is 17.5. The predicted octanol–water partition coefficient (Wildman–Crippen LogP) is 7.75. The summed E-state index contributed by atoms with van der Waals surface area (Å²) in [5.41, 5.74) is 1.41. The van der Waals surface area contributed by atoms with Crippen molar-refractivity contribution in [2.24, 2.45) is 0 Å². The van der Waals surface area contributed by atoms with Crippen LogP contribution in [0, 0.1) is 11.6 Å². The van der Waals surface area contributed by atoms with Gasteiger partial charge >= 0.3 is 10.2 Å². The third-order valence-electron chi connectivity index (χ3n) is 5.96. The molecule has 0 atom stereocenters. The van der Waals surface area contributed by atoms with Crippen LogP contribution in [-0.4, -0.2) is 24.6 Å². The normalized spacial score (nSPS) is 16.5. The van der Waals surface area contributed by atoms with Gasteiger partial charge in [-0.15, -0.1) is 0 Å². The highest BCUT2D eigenvalue weighted by Gasteiger charge is 2.67. The van der Waals surface area contributed by atoms with Gasteiger partial charge in [-0.3, -0.25) is 14.5 Å². The molecule has 35 heavy (non-hydrogen) atoms. The minimum atomic E-state index is -10.3. The second-order valence-corrected chi connectivity index (χ2v) is 10.9. The molecule has 1 N–H and O–H groups in total. The number of rotatable bonds is 4. The first-order chi connectivity index (χ1) is 16.3. The number of hydrogen-bond acceptors (Lipinski definition) is 3. The lowest BCUT2D eigenvalue weighted by molar-refractivity contribution is 0.355. The molecular formula is C22H14F7N5S. The fourth-order valence-electron chi connectivity index (χ4n) is 4.16. The Morgan fingerprint density at radius 3 is 2.46 bits per heavy atom. The van der Waals surface area contributed by atoms with Gasteiger partial charge in [-0.05, 0) is 43.2 Å².